The van der Waals surface area contributed by atoms with Crippen LogP contribution in [0.15, 0.2) is 62.9 Å². The third-order valence-electron chi connectivity index (χ3n) is 4.15. The highest BCUT2D eigenvalue weighted by Gasteiger charge is 2.27. The first kappa shape index (κ1) is 15.2. The Morgan fingerprint density at radius 1 is 1.24 bits per heavy atom. The van der Waals surface area contributed by atoms with Crippen molar-refractivity contribution in [2.24, 2.45) is 12.2 Å². The number of fused-ring (bicyclic) bond motifs is 1. The molecule has 7 heteroatoms. The number of nitrogens with zero attached hydrogens (tertiary/aromatic N) is 2. The second-order valence-electron chi connectivity index (χ2n) is 5.81. The zero-order chi connectivity index (χ0) is 17.4. The van der Waals surface area contributed by atoms with E-state index in [9.17, 15) is 9.59 Å². The molecule has 1 aliphatic heterocycles. The van der Waals surface area contributed by atoms with Crippen molar-refractivity contribution in [3.63, 3.8) is 0 Å². The number of amides is 1. The normalized spacial score (nSPS) is 16.5. The van der Waals surface area contributed by atoms with Gasteiger partial charge in [0.2, 0.25) is 0 Å². The van der Waals surface area contributed by atoms with E-state index in [2.05, 4.69) is 10.5 Å². The van der Waals surface area contributed by atoms with Crippen LogP contribution in [0, 0.1) is 0 Å². The quantitative estimate of drug-likeness (QED) is 0.796. The maximum Gasteiger partial charge on any atom is 0.419 e. The Hall–Kier alpha value is -3.35. The fourth-order valence-electron chi connectivity index (χ4n) is 2.77. The molecule has 1 aromatic heterocycles. The van der Waals surface area contributed by atoms with E-state index in [1.54, 1.807) is 25.2 Å². The maximum atomic E-state index is 12.4. The van der Waals surface area contributed by atoms with Crippen LogP contribution in [0.3, 0.4) is 0 Å². The summed E-state index contributed by atoms with van der Waals surface area (Å²) in [6.07, 6.45) is 0.148. The number of aromatic nitrogens is 1. The lowest BCUT2D eigenvalue weighted by atomic mass is 10.0. The van der Waals surface area contributed by atoms with Crippen molar-refractivity contribution < 1.29 is 14.0 Å². The van der Waals surface area contributed by atoms with Crippen molar-refractivity contribution in [3.05, 3.63) is 64.6 Å². The zero-order valence-electron chi connectivity index (χ0n) is 13.4. The third kappa shape index (κ3) is 2.80. The van der Waals surface area contributed by atoms with E-state index in [1.807, 2.05) is 30.3 Å². The van der Waals surface area contributed by atoms with Crippen molar-refractivity contribution in [3.8, 4) is 0 Å². The predicted octanol–water partition coefficient (Wildman–Crippen LogP) is 2.59. The first-order valence-corrected chi connectivity index (χ1v) is 7.80. The number of aryl methyl sites for hydroxylation is 1. The molecular formula is C18H15N3O4. The lowest BCUT2D eigenvalue weighted by Gasteiger charge is -2.07. The second kappa shape index (κ2) is 5.94. The van der Waals surface area contributed by atoms with Gasteiger partial charge in [0, 0.05) is 25.2 Å². The molecule has 1 unspecified atom stereocenters. The van der Waals surface area contributed by atoms with Crippen LogP contribution in [-0.4, -0.2) is 16.2 Å². The lowest BCUT2D eigenvalue weighted by molar-refractivity contribution is -0.110. The number of nitrogens with one attached hydrogen (secondary N) is 1. The van der Waals surface area contributed by atoms with Crippen molar-refractivity contribution in [2.45, 2.75) is 12.5 Å². The van der Waals surface area contributed by atoms with Gasteiger partial charge in [-0.25, -0.2) is 4.79 Å². The number of carbonyl (C=O) groups is 1. The van der Waals surface area contributed by atoms with Gasteiger partial charge in [-0.3, -0.25) is 9.36 Å². The molecule has 0 radical (unpaired) electrons. The van der Waals surface area contributed by atoms with E-state index in [4.69, 9.17) is 9.25 Å². The monoisotopic (exact) mass is 337 g/mol. The van der Waals surface area contributed by atoms with Crippen LogP contribution < -0.4 is 11.1 Å². The Bertz CT molecular complexity index is 1030. The number of hydrogen-bond donors (Lipinski definition) is 1. The van der Waals surface area contributed by atoms with Gasteiger partial charge >= 0.3 is 5.76 Å². The topological polar surface area (TPSA) is 85.8 Å². The van der Waals surface area contributed by atoms with Crippen LogP contribution in [0.2, 0.25) is 0 Å². The standard InChI is InChI=1S/C18H15N3O4/c1-21-14-8-7-12(9-16(14)24-18(21)23)19-17(22)13-10-15(25-20-13)11-5-3-2-4-6-11/h2-9,15H,10H2,1H3,(H,19,22). The summed E-state index contributed by atoms with van der Waals surface area (Å²) in [5.74, 6) is -0.784. The van der Waals surface area contributed by atoms with Crippen molar-refractivity contribution in [2.75, 3.05) is 5.32 Å². The van der Waals surface area contributed by atoms with Crippen LogP contribution in [0.1, 0.15) is 18.1 Å². The number of hydrogen-bond acceptors (Lipinski definition) is 5. The van der Waals surface area contributed by atoms with E-state index in [0.29, 0.717) is 28.9 Å². The molecule has 0 aliphatic carbocycles. The summed E-state index contributed by atoms with van der Waals surface area (Å²) in [6.45, 7) is 0. The second-order valence-corrected chi connectivity index (χ2v) is 5.81. The molecule has 0 fully saturated rings. The molecule has 1 N–H and O–H groups in total. The highest BCUT2D eigenvalue weighted by Crippen LogP contribution is 2.27. The van der Waals surface area contributed by atoms with Gasteiger partial charge < -0.3 is 14.6 Å². The van der Waals surface area contributed by atoms with Crippen LogP contribution in [-0.2, 0) is 16.7 Å². The molecule has 0 saturated carbocycles. The summed E-state index contributed by atoms with van der Waals surface area (Å²) < 4.78 is 6.53. The summed E-state index contributed by atoms with van der Waals surface area (Å²) in [6, 6.07) is 14.7. The first-order chi connectivity index (χ1) is 12.1. The molecule has 4 rings (SSSR count). The summed E-state index contributed by atoms with van der Waals surface area (Å²) in [5.41, 5.74) is 2.90. The SMILES string of the molecule is Cn1c(=O)oc2cc(NC(=O)C3=NOC(c4ccccc4)C3)ccc21. The Labute approximate surface area is 142 Å². The lowest BCUT2D eigenvalue weighted by Crippen LogP contribution is -2.21. The highest BCUT2D eigenvalue weighted by atomic mass is 16.6. The third-order valence-corrected chi connectivity index (χ3v) is 4.15. The summed E-state index contributed by atoms with van der Waals surface area (Å²) >= 11 is 0. The molecule has 0 bridgehead atoms. The molecular weight excluding hydrogens is 322 g/mol. The molecule has 126 valence electrons. The molecule has 1 aliphatic rings. The molecule has 3 aromatic rings. The Balaban J connectivity index is 1.48. The Morgan fingerprint density at radius 3 is 2.84 bits per heavy atom. The Morgan fingerprint density at radius 2 is 2.04 bits per heavy atom. The zero-order valence-corrected chi connectivity index (χ0v) is 13.4. The number of carbonyl (C=O) groups excluding carboxylic acids is 1. The van der Waals surface area contributed by atoms with Gasteiger partial charge in [0.25, 0.3) is 5.91 Å². The highest BCUT2D eigenvalue weighted by molar-refractivity contribution is 6.43. The smallest absolute Gasteiger partial charge is 0.408 e. The minimum Gasteiger partial charge on any atom is -0.408 e. The molecule has 25 heavy (non-hydrogen) atoms. The van der Waals surface area contributed by atoms with Gasteiger partial charge in [-0.2, -0.15) is 0 Å². The summed E-state index contributed by atoms with van der Waals surface area (Å²) in [4.78, 5) is 29.3. The van der Waals surface area contributed by atoms with E-state index in [0.717, 1.165) is 5.56 Å². The fraction of sp³-hybridized carbons (Fsp3) is 0.167. The van der Waals surface area contributed by atoms with Crippen LogP contribution in [0.4, 0.5) is 5.69 Å². The van der Waals surface area contributed by atoms with Gasteiger partial charge in [0.1, 0.15) is 5.71 Å². The Kier molecular flexibility index (Phi) is 3.61. The molecule has 2 aromatic carbocycles. The minimum absolute atomic E-state index is 0.253. The summed E-state index contributed by atoms with van der Waals surface area (Å²) in [5, 5.41) is 6.65. The minimum atomic E-state index is -0.447. The first-order valence-electron chi connectivity index (χ1n) is 7.80. The van der Waals surface area contributed by atoms with Gasteiger partial charge in [-0.1, -0.05) is 35.5 Å². The molecule has 1 atom stereocenters. The number of rotatable bonds is 3. The molecule has 0 spiro atoms. The van der Waals surface area contributed by atoms with Crippen molar-refractivity contribution in [1.29, 1.82) is 0 Å². The fourth-order valence-corrected chi connectivity index (χ4v) is 2.77. The van der Waals surface area contributed by atoms with Crippen LogP contribution >= 0.6 is 0 Å². The molecule has 1 amide bonds. The molecule has 0 saturated heterocycles. The van der Waals surface area contributed by atoms with E-state index >= 15 is 0 Å². The number of oxime groups is 1. The van der Waals surface area contributed by atoms with E-state index in [1.165, 1.54) is 4.57 Å². The largest absolute Gasteiger partial charge is 0.419 e. The predicted molar refractivity (Wildman–Crippen MR) is 92.4 cm³/mol. The van der Waals surface area contributed by atoms with Gasteiger partial charge in [0.05, 0.1) is 5.52 Å². The average Bonchev–Trinajstić information content (AvgIpc) is 3.22. The average molecular weight is 337 g/mol. The van der Waals surface area contributed by atoms with Gasteiger partial charge in [0.15, 0.2) is 11.7 Å². The molecule has 7 nitrogen and oxygen atoms in total. The number of anilines is 1. The number of benzene rings is 2. The van der Waals surface area contributed by atoms with E-state index < -0.39 is 5.76 Å². The van der Waals surface area contributed by atoms with Crippen molar-refractivity contribution in [1.82, 2.24) is 4.57 Å². The maximum absolute atomic E-state index is 12.4. The number of oxazole rings is 1. The van der Waals surface area contributed by atoms with Gasteiger partial charge in [-0.05, 0) is 17.7 Å². The summed E-state index contributed by atoms with van der Waals surface area (Å²) in [7, 11) is 1.63. The molecule has 2 heterocycles. The van der Waals surface area contributed by atoms with E-state index in [-0.39, 0.29) is 12.0 Å². The van der Waals surface area contributed by atoms with Crippen LogP contribution in [0.5, 0.6) is 0 Å². The van der Waals surface area contributed by atoms with Gasteiger partial charge in [-0.15, -0.1) is 0 Å². The van der Waals surface area contributed by atoms with Crippen LogP contribution in [0.25, 0.3) is 11.1 Å². The van der Waals surface area contributed by atoms with Crippen molar-refractivity contribution >= 4 is 28.4 Å².